The lowest BCUT2D eigenvalue weighted by molar-refractivity contribution is 0.0278. The zero-order valence-electron chi connectivity index (χ0n) is 13.8. The summed E-state index contributed by atoms with van der Waals surface area (Å²) in [6.07, 6.45) is 1.83. The molecule has 2 N–H and O–H groups in total. The van der Waals surface area contributed by atoms with E-state index in [9.17, 15) is 5.11 Å². The number of benzene rings is 1. The van der Waals surface area contributed by atoms with Crippen LogP contribution in [0.2, 0.25) is 0 Å². The summed E-state index contributed by atoms with van der Waals surface area (Å²) in [7, 11) is 2.00. The Kier molecular flexibility index (Phi) is 4.49. The van der Waals surface area contributed by atoms with Gasteiger partial charge in [0.15, 0.2) is 0 Å². The molecule has 118 valence electrons. The van der Waals surface area contributed by atoms with E-state index in [1.165, 1.54) is 0 Å². The molecule has 0 spiro atoms. The van der Waals surface area contributed by atoms with Gasteiger partial charge in [-0.3, -0.25) is 0 Å². The van der Waals surface area contributed by atoms with E-state index in [4.69, 9.17) is 9.84 Å². The van der Waals surface area contributed by atoms with Crippen molar-refractivity contribution in [1.82, 2.24) is 4.90 Å². The van der Waals surface area contributed by atoms with Crippen LogP contribution in [0.4, 0.5) is 0 Å². The van der Waals surface area contributed by atoms with Crippen LogP contribution < -0.4 is 4.74 Å². The Bertz CT molecular complexity index is 542. The second kappa shape index (κ2) is 5.85. The molecular formula is C17H27NO3. The van der Waals surface area contributed by atoms with Gasteiger partial charge >= 0.3 is 0 Å². The number of nitrogens with zero attached hydrogens (tertiary/aromatic N) is 1. The lowest BCUT2D eigenvalue weighted by Gasteiger charge is -2.40. The van der Waals surface area contributed by atoms with Gasteiger partial charge in [-0.2, -0.15) is 0 Å². The molecule has 0 saturated carbocycles. The molecule has 0 aromatic heterocycles. The first-order valence-electron chi connectivity index (χ1n) is 7.59. The average Bonchev–Trinajstić information content (AvgIpc) is 2.42. The van der Waals surface area contributed by atoms with E-state index < -0.39 is 0 Å². The molecule has 1 atom stereocenters. The maximum absolute atomic E-state index is 10.2. The van der Waals surface area contributed by atoms with E-state index in [0.29, 0.717) is 12.3 Å². The van der Waals surface area contributed by atoms with Gasteiger partial charge < -0.3 is 19.8 Å². The van der Waals surface area contributed by atoms with Crippen molar-refractivity contribution in [2.24, 2.45) is 0 Å². The zero-order chi connectivity index (χ0) is 15.8. The van der Waals surface area contributed by atoms with Crippen molar-refractivity contribution in [3.63, 3.8) is 0 Å². The standard InChI is InChI=1S/C17H27NO3/c1-11-12(2)16-14(13(3)15(11)20)6-7-17(4,21-16)10-18(5)8-9-19/h19-20H,6-10H2,1-5H3/t17-/m0/s1. The molecule has 0 radical (unpaired) electrons. The molecule has 0 bridgehead atoms. The quantitative estimate of drug-likeness (QED) is 0.894. The first-order chi connectivity index (χ1) is 9.79. The van der Waals surface area contributed by atoms with Crippen LogP contribution in [-0.4, -0.2) is 47.5 Å². The van der Waals surface area contributed by atoms with Crippen LogP contribution in [0.3, 0.4) is 0 Å². The molecule has 4 nitrogen and oxygen atoms in total. The monoisotopic (exact) mass is 293 g/mol. The van der Waals surface area contributed by atoms with E-state index in [2.05, 4.69) is 11.8 Å². The van der Waals surface area contributed by atoms with Gasteiger partial charge in [0, 0.05) is 18.7 Å². The maximum Gasteiger partial charge on any atom is 0.127 e. The van der Waals surface area contributed by atoms with Crippen molar-refractivity contribution in [2.75, 3.05) is 26.7 Å². The van der Waals surface area contributed by atoms with Crippen LogP contribution in [0.15, 0.2) is 0 Å². The molecule has 4 heteroatoms. The van der Waals surface area contributed by atoms with E-state index >= 15 is 0 Å². The third kappa shape index (κ3) is 3.01. The zero-order valence-corrected chi connectivity index (χ0v) is 13.8. The van der Waals surface area contributed by atoms with E-state index in [1.54, 1.807) is 0 Å². The molecule has 0 aliphatic carbocycles. The van der Waals surface area contributed by atoms with Gasteiger partial charge in [-0.05, 0) is 64.3 Å². The number of hydrogen-bond acceptors (Lipinski definition) is 4. The third-order valence-corrected chi connectivity index (χ3v) is 4.68. The summed E-state index contributed by atoms with van der Waals surface area (Å²) in [6.45, 7) is 9.63. The molecular weight excluding hydrogens is 266 g/mol. The molecule has 1 aromatic rings. The van der Waals surface area contributed by atoms with Crippen LogP contribution in [0.25, 0.3) is 0 Å². The molecule has 2 rings (SSSR count). The molecule has 1 aliphatic rings. The summed E-state index contributed by atoms with van der Waals surface area (Å²) in [6, 6.07) is 0. The van der Waals surface area contributed by atoms with Crippen LogP contribution in [-0.2, 0) is 6.42 Å². The topological polar surface area (TPSA) is 52.9 Å². The first-order valence-corrected chi connectivity index (χ1v) is 7.59. The molecule has 0 saturated heterocycles. The van der Waals surface area contributed by atoms with Crippen molar-refractivity contribution in [3.8, 4) is 11.5 Å². The fraction of sp³-hybridized carbons (Fsp3) is 0.647. The summed E-state index contributed by atoms with van der Waals surface area (Å²) in [5.74, 6) is 1.34. The SMILES string of the molecule is Cc1c(C)c2c(c(C)c1O)CC[C@@](C)(CN(C)CCO)O2. The molecule has 0 unspecified atom stereocenters. The largest absolute Gasteiger partial charge is 0.507 e. The lowest BCUT2D eigenvalue weighted by Crippen LogP contribution is -2.47. The van der Waals surface area contributed by atoms with Crippen molar-refractivity contribution in [1.29, 1.82) is 0 Å². The molecule has 0 fully saturated rings. The Morgan fingerprint density at radius 3 is 2.48 bits per heavy atom. The minimum Gasteiger partial charge on any atom is -0.507 e. The van der Waals surface area contributed by atoms with Gasteiger partial charge in [0.25, 0.3) is 0 Å². The molecule has 1 aliphatic heterocycles. The number of ether oxygens (including phenoxy) is 1. The number of fused-ring (bicyclic) bond motifs is 1. The number of aliphatic hydroxyl groups is 1. The fourth-order valence-electron chi connectivity index (χ4n) is 3.23. The second-order valence-electron chi connectivity index (χ2n) is 6.54. The maximum atomic E-state index is 10.2. The van der Waals surface area contributed by atoms with Gasteiger partial charge in [-0.25, -0.2) is 0 Å². The van der Waals surface area contributed by atoms with Crippen molar-refractivity contribution in [3.05, 3.63) is 22.3 Å². The molecule has 0 amide bonds. The number of aliphatic hydroxyl groups excluding tert-OH is 1. The summed E-state index contributed by atoms with van der Waals surface area (Å²) < 4.78 is 6.35. The van der Waals surface area contributed by atoms with Gasteiger partial charge in [0.1, 0.15) is 17.1 Å². The summed E-state index contributed by atoms with van der Waals surface area (Å²) in [5.41, 5.74) is 3.76. The number of phenolic OH excluding ortho intramolecular Hbond substituents is 1. The smallest absolute Gasteiger partial charge is 0.127 e. The molecule has 1 aromatic carbocycles. The Morgan fingerprint density at radius 1 is 1.19 bits per heavy atom. The van der Waals surface area contributed by atoms with E-state index in [1.807, 2.05) is 27.8 Å². The highest BCUT2D eigenvalue weighted by Crippen LogP contribution is 2.43. The Balaban J connectivity index is 2.32. The van der Waals surface area contributed by atoms with Gasteiger partial charge in [-0.1, -0.05) is 0 Å². The molecule has 21 heavy (non-hydrogen) atoms. The summed E-state index contributed by atoms with van der Waals surface area (Å²) in [5, 5.41) is 19.2. The number of likely N-dealkylation sites (N-methyl/N-ethyl adjacent to an activating group) is 1. The van der Waals surface area contributed by atoms with Gasteiger partial charge in [-0.15, -0.1) is 0 Å². The normalized spacial score (nSPS) is 21.3. The summed E-state index contributed by atoms with van der Waals surface area (Å²) in [4.78, 5) is 2.10. The highest BCUT2D eigenvalue weighted by molar-refractivity contribution is 5.58. The van der Waals surface area contributed by atoms with E-state index in [0.717, 1.165) is 47.4 Å². The molecule has 1 heterocycles. The van der Waals surface area contributed by atoms with Crippen LogP contribution in [0.5, 0.6) is 11.5 Å². The fourth-order valence-corrected chi connectivity index (χ4v) is 3.23. The number of phenols is 1. The third-order valence-electron chi connectivity index (χ3n) is 4.68. The van der Waals surface area contributed by atoms with Crippen molar-refractivity contribution in [2.45, 2.75) is 46.1 Å². The minimum atomic E-state index is -0.252. The average molecular weight is 293 g/mol. The Hall–Kier alpha value is -1.26. The predicted molar refractivity (Wildman–Crippen MR) is 84.3 cm³/mol. The highest BCUT2D eigenvalue weighted by Gasteiger charge is 2.35. The summed E-state index contributed by atoms with van der Waals surface area (Å²) >= 11 is 0. The van der Waals surface area contributed by atoms with Gasteiger partial charge in [0.05, 0.1) is 6.61 Å². The second-order valence-corrected chi connectivity index (χ2v) is 6.54. The lowest BCUT2D eigenvalue weighted by atomic mass is 9.87. The number of aromatic hydroxyl groups is 1. The first kappa shape index (κ1) is 16.1. The minimum absolute atomic E-state index is 0.161. The van der Waals surface area contributed by atoms with Crippen molar-refractivity contribution >= 4 is 0 Å². The number of rotatable bonds is 4. The number of hydrogen-bond donors (Lipinski definition) is 2. The van der Waals surface area contributed by atoms with Crippen LogP contribution in [0.1, 0.15) is 35.6 Å². The van der Waals surface area contributed by atoms with Crippen LogP contribution in [0, 0.1) is 20.8 Å². The highest BCUT2D eigenvalue weighted by atomic mass is 16.5. The Labute approximate surface area is 127 Å². The Morgan fingerprint density at radius 2 is 1.86 bits per heavy atom. The van der Waals surface area contributed by atoms with Crippen LogP contribution >= 0.6 is 0 Å². The van der Waals surface area contributed by atoms with Crippen molar-refractivity contribution < 1.29 is 14.9 Å². The van der Waals surface area contributed by atoms with Gasteiger partial charge in [0.2, 0.25) is 0 Å². The van der Waals surface area contributed by atoms with E-state index in [-0.39, 0.29) is 12.2 Å². The predicted octanol–water partition coefficient (Wildman–Crippen LogP) is 2.33.